The Balaban J connectivity index is 1.99. The lowest BCUT2D eigenvalue weighted by Gasteiger charge is -2.19. The van der Waals surface area contributed by atoms with E-state index in [1.165, 1.54) is 0 Å². The zero-order valence-corrected chi connectivity index (χ0v) is 13.8. The van der Waals surface area contributed by atoms with Gasteiger partial charge < -0.3 is 10.2 Å². The van der Waals surface area contributed by atoms with Gasteiger partial charge in [-0.05, 0) is 32.8 Å². The Morgan fingerprint density at radius 2 is 2.17 bits per heavy atom. The quantitative estimate of drug-likeness (QED) is 0.922. The Morgan fingerprint density at radius 1 is 1.39 bits per heavy atom. The second-order valence-electron chi connectivity index (χ2n) is 6.06. The van der Waals surface area contributed by atoms with Gasteiger partial charge in [-0.25, -0.2) is 9.97 Å². The molecule has 1 N–H and O–H groups in total. The molecule has 3 rings (SSSR count). The van der Waals surface area contributed by atoms with Crippen molar-refractivity contribution in [1.29, 1.82) is 0 Å². The Bertz CT molecular complexity index is 725. The van der Waals surface area contributed by atoms with Crippen LogP contribution in [0.4, 0.5) is 5.82 Å². The molecule has 1 heterocycles. The number of anilines is 1. The van der Waals surface area contributed by atoms with Crippen LogP contribution in [0.25, 0.3) is 11.4 Å². The maximum absolute atomic E-state index is 12.4. The highest BCUT2D eigenvalue weighted by atomic mass is 16.1. The molecule has 0 unspecified atom stereocenters. The van der Waals surface area contributed by atoms with Gasteiger partial charge in [0, 0.05) is 31.4 Å². The average molecular weight is 310 g/mol. The van der Waals surface area contributed by atoms with Crippen LogP contribution < -0.4 is 10.2 Å². The highest BCUT2D eigenvalue weighted by Gasteiger charge is 2.26. The van der Waals surface area contributed by atoms with E-state index in [4.69, 9.17) is 0 Å². The number of hydrogen-bond acceptors (Lipinski definition) is 4. The van der Waals surface area contributed by atoms with Crippen LogP contribution in [0, 0.1) is 6.92 Å². The van der Waals surface area contributed by atoms with Crippen LogP contribution in [0.2, 0.25) is 0 Å². The van der Waals surface area contributed by atoms with Crippen LogP contribution in [-0.2, 0) is 0 Å². The lowest BCUT2D eigenvalue weighted by Crippen LogP contribution is -2.29. The van der Waals surface area contributed by atoms with Gasteiger partial charge in [0.25, 0.3) is 5.91 Å². The van der Waals surface area contributed by atoms with Gasteiger partial charge in [0.2, 0.25) is 0 Å². The summed E-state index contributed by atoms with van der Waals surface area (Å²) in [5.41, 5.74) is 2.66. The third kappa shape index (κ3) is 3.50. The van der Waals surface area contributed by atoms with E-state index in [0.29, 0.717) is 23.2 Å². The number of aromatic nitrogens is 2. The minimum Gasteiger partial charge on any atom is -0.359 e. The van der Waals surface area contributed by atoms with Crippen molar-refractivity contribution in [3.63, 3.8) is 0 Å². The van der Waals surface area contributed by atoms with Gasteiger partial charge in [-0.15, -0.1) is 0 Å². The molecule has 1 aliphatic rings. The van der Waals surface area contributed by atoms with Crippen molar-refractivity contribution in [2.75, 3.05) is 18.5 Å². The summed E-state index contributed by atoms with van der Waals surface area (Å²) in [5, 5.41) is 3.01. The molecule has 0 saturated heterocycles. The second kappa shape index (κ2) is 6.36. The number of amides is 1. The summed E-state index contributed by atoms with van der Waals surface area (Å²) in [6, 6.07) is 8.39. The molecule has 0 atom stereocenters. The fourth-order valence-electron chi connectivity index (χ4n) is 2.39. The lowest BCUT2D eigenvalue weighted by atomic mass is 10.1. The molecule has 0 radical (unpaired) electrons. The number of benzene rings is 1. The highest BCUT2D eigenvalue weighted by molar-refractivity contribution is 5.99. The van der Waals surface area contributed by atoms with E-state index in [0.717, 1.165) is 30.5 Å². The largest absolute Gasteiger partial charge is 0.359 e. The number of hydrogen-bond donors (Lipinski definition) is 1. The second-order valence-corrected chi connectivity index (χ2v) is 6.06. The number of carbonyl (C=O) groups is 1. The fraction of sp³-hybridized carbons (Fsp3) is 0.389. The third-order valence-electron chi connectivity index (χ3n) is 4.04. The standard InChI is InChI=1S/C18H22N4O/c1-4-22(3)17-15(18(23)20-14-8-9-14)11-19-16(21-17)13-7-5-6-12(2)10-13/h5-7,10-11,14H,4,8-9H2,1-3H3,(H,20,23). The lowest BCUT2D eigenvalue weighted by molar-refractivity contribution is 0.0951. The summed E-state index contributed by atoms with van der Waals surface area (Å²) in [7, 11) is 1.94. The first-order valence-electron chi connectivity index (χ1n) is 8.04. The zero-order chi connectivity index (χ0) is 16.4. The molecular weight excluding hydrogens is 288 g/mol. The zero-order valence-electron chi connectivity index (χ0n) is 13.8. The van der Waals surface area contributed by atoms with Gasteiger partial charge in [0.05, 0.1) is 0 Å². The van der Waals surface area contributed by atoms with Crippen molar-refractivity contribution >= 4 is 11.7 Å². The van der Waals surface area contributed by atoms with E-state index < -0.39 is 0 Å². The predicted octanol–water partition coefficient (Wildman–Crippen LogP) is 2.80. The molecule has 5 heteroatoms. The SMILES string of the molecule is CCN(C)c1nc(-c2cccc(C)c2)ncc1C(=O)NC1CC1. The number of aryl methyl sites for hydroxylation is 1. The molecule has 23 heavy (non-hydrogen) atoms. The molecule has 1 fully saturated rings. The summed E-state index contributed by atoms with van der Waals surface area (Å²) in [5.74, 6) is 1.24. The molecule has 2 aromatic rings. The van der Waals surface area contributed by atoms with Crippen molar-refractivity contribution in [3.05, 3.63) is 41.6 Å². The summed E-state index contributed by atoms with van der Waals surface area (Å²) < 4.78 is 0. The Kier molecular flexibility index (Phi) is 4.28. The Morgan fingerprint density at radius 3 is 2.83 bits per heavy atom. The van der Waals surface area contributed by atoms with E-state index in [-0.39, 0.29) is 5.91 Å². The summed E-state index contributed by atoms with van der Waals surface area (Å²) in [4.78, 5) is 23.5. The van der Waals surface area contributed by atoms with E-state index in [2.05, 4.69) is 21.4 Å². The number of carbonyl (C=O) groups excluding carboxylic acids is 1. The molecule has 1 aliphatic carbocycles. The van der Waals surface area contributed by atoms with Crippen LogP contribution >= 0.6 is 0 Å². The smallest absolute Gasteiger partial charge is 0.256 e. The Hall–Kier alpha value is -2.43. The van der Waals surface area contributed by atoms with Crippen LogP contribution in [-0.4, -0.2) is 35.5 Å². The van der Waals surface area contributed by atoms with Gasteiger partial charge in [-0.1, -0.05) is 23.8 Å². The van der Waals surface area contributed by atoms with E-state index in [9.17, 15) is 4.79 Å². The van der Waals surface area contributed by atoms with Crippen LogP contribution in [0.15, 0.2) is 30.5 Å². The van der Waals surface area contributed by atoms with E-state index >= 15 is 0 Å². The first kappa shape index (κ1) is 15.5. The van der Waals surface area contributed by atoms with Crippen molar-refractivity contribution in [3.8, 4) is 11.4 Å². The normalized spacial score (nSPS) is 13.7. The van der Waals surface area contributed by atoms with Crippen LogP contribution in [0.5, 0.6) is 0 Å². The van der Waals surface area contributed by atoms with Gasteiger partial charge in [0.15, 0.2) is 5.82 Å². The van der Waals surface area contributed by atoms with Gasteiger partial charge >= 0.3 is 0 Å². The van der Waals surface area contributed by atoms with E-state index in [1.807, 2.05) is 44.0 Å². The molecule has 1 saturated carbocycles. The molecule has 1 aromatic heterocycles. The van der Waals surface area contributed by atoms with Gasteiger partial charge in [-0.3, -0.25) is 4.79 Å². The number of rotatable bonds is 5. The number of nitrogens with zero attached hydrogens (tertiary/aromatic N) is 3. The van der Waals surface area contributed by atoms with Gasteiger partial charge in [-0.2, -0.15) is 0 Å². The summed E-state index contributed by atoms with van der Waals surface area (Å²) in [6.45, 7) is 4.85. The first-order valence-corrected chi connectivity index (χ1v) is 8.04. The number of nitrogens with one attached hydrogen (secondary N) is 1. The minimum absolute atomic E-state index is 0.0846. The molecule has 1 aromatic carbocycles. The molecular formula is C18H22N4O. The summed E-state index contributed by atoms with van der Waals surface area (Å²) in [6.07, 6.45) is 3.77. The van der Waals surface area contributed by atoms with E-state index in [1.54, 1.807) is 6.20 Å². The topological polar surface area (TPSA) is 58.1 Å². The van der Waals surface area contributed by atoms with Crippen molar-refractivity contribution in [2.45, 2.75) is 32.7 Å². The predicted molar refractivity (Wildman–Crippen MR) is 91.6 cm³/mol. The molecule has 0 aliphatic heterocycles. The Labute approximate surface area is 136 Å². The maximum atomic E-state index is 12.4. The van der Waals surface area contributed by atoms with Crippen molar-refractivity contribution < 1.29 is 4.79 Å². The maximum Gasteiger partial charge on any atom is 0.256 e. The molecule has 120 valence electrons. The molecule has 5 nitrogen and oxygen atoms in total. The van der Waals surface area contributed by atoms with Crippen LogP contribution in [0.3, 0.4) is 0 Å². The highest BCUT2D eigenvalue weighted by Crippen LogP contribution is 2.24. The van der Waals surface area contributed by atoms with Crippen molar-refractivity contribution in [2.24, 2.45) is 0 Å². The third-order valence-corrected chi connectivity index (χ3v) is 4.04. The van der Waals surface area contributed by atoms with Crippen LogP contribution in [0.1, 0.15) is 35.7 Å². The summed E-state index contributed by atoms with van der Waals surface area (Å²) >= 11 is 0. The molecule has 0 bridgehead atoms. The first-order chi connectivity index (χ1) is 11.1. The molecule has 1 amide bonds. The van der Waals surface area contributed by atoms with Gasteiger partial charge in [0.1, 0.15) is 11.4 Å². The fourth-order valence-corrected chi connectivity index (χ4v) is 2.39. The average Bonchev–Trinajstić information content (AvgIpc) is 3.37. The minimum atomic E-state index is -0.0846. The van der Waals surface area contributed by atoms with Crippen molar-refractivity contribution in [1.82, 2.24) is 15.3 Å². The molecule has 0 spiro atoms. The monoisotopic (exact) mass is 310 g/mol.